The monoisotopic (exact) mass is 352 g/mol. The van der Waals surface area contributed by atoms with Crippen LogP contribution in [-0.4, -0.2) is 38.3 Å². The second-order valence-electron chi connectivity index (χ2n) is 5.80. The number of cyclic esters (lactones) is 1. The lowest BCUT2D eigenvalue weighted by Gasteiger charge is -2.14. The van der Waals surface area contributed by atoms with Gasteiger partial charge >= 0.3 is 6.09 Å². The first-order chi connectivity index (χ1) is 12.6. The molecule has 0 saturated carbocycles. The smallest absolute Gasteiger partial charge is 0.414 e. The van der Waals surface area contributed by atoms with Gasteiger partial charge in [0, 0.05) is 18.6 Å². The molecule has 1 aromatic carbocycles. The van der Waals surface area contributed by atoms with Crippen LogP contribution in [0, 0.1) is 17.1 Å². The number of hydrogen-bond acceptors (Lipinski definition) is 5. The van der Waals surface area contributed by atoms with Crippen molar-refractivity contribution in [1.82, 2.24) is 19.6 Å². The lowest BCUT2D eigenvalue weighted by atomic mass is 10.2. The van der Waals surface area contributed by atoms with E-state index in [1.54, 1.807) is 41.5 Å². The van der Waals surface area contributed by atoms with E-state index in [0.717, 1.165) is 0 Å². The van der Waals surface area contributed by atoms with Gasteiger partial charge in [-0.15, -0.1) is 5.10 Å². The zero-order valence-electron chi connectivity index (χ0n) is 13.5. The van der Waals surface area contributed by atoms with Crippen molar-refractivity contribution in [2.75, 3.05) is 11.4 Å². The molecule has 0 aliphatic carbocycles. The molecule has 3 heterocycles. The summed E-state index contributed by atoms with van der Waals surface area (Å²) >= 11 is 0. The van der Waals surface area contributed by atoms with Gasteiger partial charge in [0.1, 0.15) is 18.0 Å². The number of halogens is 1. The van der Waals surface area contributed by atoms with Gasteiger partial charge in [0.15, 0.2) is 0 Å². The molecule has 2 aromatic heterocycles. The van der Waals surface area contributed by atoms with Crippen LogP contribution in [-0.2, 0) is 11.3 Å². The Morgan fingerprint density at radius 1 is 1.35 bits per heavy atom. The number of nitriles is 1. The molecule has 1 atom stereocenters. The van der Waals surface area contributed by atoms with Gasteiger partial charge in [0.2, 0.25) is 0 Å². The van der Waals surface area contributed by atoms with Gasteiger partial charge in [-0.1, -0.05) is 5.21 Å². The molecule has 1 saturated heterocycles. The van der Waals surface area contributed by atoms with Gasteiger partial charge in [-0.05, 0) is 24.3 Å². The van der Waals surface area contributed by atoms with E-state index in [-0.39, 0.29) is 0 Å². The largest absolute Gasteiger partial charge is 0.442 e. The Hall–Kier alpha value is -3.67. The molecule has 1 fully saturated rings. The average molecular weight is 352 g/mol. The predicted molar refractivity (Wildman–Crippen MR) is 88.1 cm³/mol. The number of hydrogen-bond donors (Lipinski definition) is 0. The molecule has 1 amide bonds. The Morgan fingerprint density at radius 2 is 2.23 bits per heavy atom. The Morgan fingerprint density at radius 3 is 2.92 bits per heavy atom. The summed E-state index contributed by atoms with van der Waals surface area (Å²) in [5, 5.41) is 16.4. The van der Waals surface area contributed by atoms with Crippen LogP contribution in [0.5, 0.6) is 0 Å². The minimum atomic E-state index is -0.532. The zero-order chi connectivity index (χ0) is 18.1. The Bertz CT molecular complexity index is 991. The molecule has 130 valence electrons. The van der Waals surface area contributed by atoms with Crippen molar-refractivity contribution in [3.05, 3.63) is 60.4 Å². The lowest BCUT2D eigenvalue weighted by Crippen LogP contribution is -2.26. The lowest BCUT2D eigenvalue weighted by molar-refractivity contribution is 0.129. The van der Waals surface area contributed by atoms with E-state index >= 15 is 0 Å². The van der Waals surface area contributed by atoms with Crippen molar-refractivity contribution in [1.29, 1.82) is 5.26 Å². The molecular formula is C17H13FN6O2. The van der Waals surface area contributed by atoms with Gasteiger partial charge in [0.05, 0.1) is 36.2 Å². The molecule has 3 aromatic rings. The van der Waals surface area contributed by atoms with Crippen LogP contribution in [0.25, 0.3) is 5.69 Å². The molecule has 0 spiro atoms. The number of anilines is 1. The SMILES string of the molecule is N#Cc1ccn(-c2ccc(N3C[C@H](Cn4ccnn4)OC3=O)cc2F)c1. The van der Waals surface area contributed by atoms with E-state index in [4.69, 9.17) is 10.00 Å². The van der Waals surface area contributed by atoms with Crippen LogP contribution in [0.4, 0.5) is 14.9 Å². The van der Waals surface area contributed by atoms with E-state index in [1.165, 1.54) is 21.7 Å². The molecule has 0 radical (unpaired) electrons. The summed E-state index contributed by atoms with van der Waals surface area (Å²) in [5.41, 5.74) is 1.14. The zero-order valence-corrected chi connectivity index (χ0v) is 13.5. The van der Waals surface area contributed by atoms with Crippen LogP contribution in [0.2, 0.25) is 0 Å². The summed E-state index contributed by atoms with van der Waals surface area (Å²) in [6.07, 6.45) is 5.44. The molecule has 8 nitrogen and oxygen atoms in total. The number of rotatable bonds is 4. The molecule has 1 aliphatic rings. The summed E-state index contributed by atoms with van der Waals surface area (Å²) in [5.74, 6) is -0.505. The second-order valence-corrected chi connectivity index (χ2v) is 5.80. The van der Waals surface area contributed by atoms with Crippen molar-refractivity contribution in [2.45, 2.75) is 12.6 Å². The van der Waals surface area contributed by atoms with Crippen LogP contribution in [0.15, 0.2) is 49.1 Å². The van der Waals surface area contributed by atoms with Gasteiger partial charge < -0.3 is 9.30 Å². The van der Waals surface area contributed by atoms with Gasteiger partial charge in [-0.2, -0.15) is 5.26 Å². The molecule has 1 aliphatic heterocycles. The number of benzene rings is 1. The third kappa shape index (κ3) is 2.88. The third-order valence-corrected chi connectivity index (χ3v) is 4.08. The van der Waals surface area contributed by atoms with E-state index in [9.17, 15) is 9.18 Å². The number of carbonyl (C=O) groups is 1. The summed E-state index contributed by atoms with van der Waals surface area (Å²) in [6.45, 7) is 0.669. The first-order valence-corrected chi connectivity index (χ1v) is 7.84. The second kappa shape index (κ2) is 6.33. The number of aromatic nitrogens is 4. The molecule has 4 rings (SSSR count). The summed E-state index contributed by atoms with van der Waals surface area (Å²) in [7, 11) is 0. The van der Waals surface area contributed by atoms with Gasteiger partial charge in [-0.25, -0.2) is 13.9 Å². The molecule has 9 heteroatoms. The quantitative estimate of drug-likeness (QED) is 0.717. The number of ether oxygens (including phenoxy) is 1. The van der Waals surface area contributed by atoms with Crippen LogP contribution in [0.1, 0.15) is 5.56 Å². The molecular weight excluding hydrogens is 339 g/mol. The minimum absolute atomic E-state index is 0.291. The Labute approximate surface area is 147 Å². The summed E-state index contributed by atoms with van der Waals surface area (Å²) in [4.78, 5) is 13.5. The molecule has 0 unspecified atom stereocenters. The third-order valence-electron chi connectivity index (χ3n) is 4.08. The van der Waals surface area contributed by atoms with Crippen LogP contribution in [0.3, 0.4) is 0 Å². The first kappa shape index (κ1) is 15.8. The molecule has 0 bridgehead atoms. The summed E-state index contributed by atoms with van der Waals surface area (Å²) in [6, 6.07) is 8.07. The van der Waals surface area contributed by atoms with Gasteiger partial charge in [-0.3, -0.25) is 4.90 Å². The Kier molecular flexibility index (Phi) is 3.85. The predicted octanol–water partition coefficient (Wildman–Crippen LogP) is 2.10. The standard InChI is InChI=1S/C17H13FN6O2/c18-15-7-13(1-2-16(15)22-5-3-12(8-19)9-22)24-11-14(26-17(24)25)10-23-6-4-20-21-23/h1-7,9,14H,10-11H2/t14-/m0/s1. The maximum absolute atomic E-state index is 14.5. The van der Waals surface area contributed by atoms with Crippen LogP contribution < -0.4 is 4.90 Å². The number of nitrogens with zero attached hydrogens (tertiary/aromatic N) is 6. The normalized spacial score (nSPS) is 16.5. The van der Waals surface area contributed by atoms with Crippen molar-refractivity contribution in [3.63, 3.8) is 0 Å². The van der Waals surface area contributed by atoms with Crippen LogP contribution >= 0.6 is 0 Å². The minimum Gasteiger partial charge on any atom is -0.442 e. The van der Waals surface area contributed by atoms with Crippen molar-refractivity contribution in [3.8, 4) is 11.8 Å². The highest BCUT2D eigenvalue weighted by Gasteiger charge is 2.33. The maximum atomic E-state index is 14.5. The average Bonchev–Trinajstić information content (AvgIpc) is 3.36. The van der Waals surface area contributed by atoms with Crippen molar-refractivity contribution >= 4 is 11.8 Å². The maximum Gasteiger partial charge on any atom is 0.414 e. The Balaban J connectivity index is 1.53. The van der Waals surface area contributed by atoms with E-state index in [2.05, 4.69) is 10.3 Å². The summed E-state index contributed by atoms with van der Waals surface area (Å²) < 4.78 is 22.9. The topological polar surface area (TPSA) is 89.0 Å². The van der Waals surface area contributed by atoms with Gasteiger partial charge in [0.25, 0.3) is 0 Å². The highest BCUT2D eigenvalue weighted by atomic mass is 19.1. The van der Waals surface area contributed by atoms with E-state index in [1.807, 2.05) is 6.07 Å². The fraction of sp³-hybridized carbons (Fsp3) is 0.176. The van der Waals surface area contributed by atoms with E-state index in [0.29, 0.717) is 30.0 Å². The highest BCUT2D eigenvalue weighted by Crippen LogP contribution is 2.26. The fourth-order valence-electron chi connectivity index (χ4n) is 2.85. The highest BCUT2D eigenvalue weighted by molar-refractivity contribution is 5.89. The number of carbonyl (C=O) groups excluding carboxylic acids is 1. The number of amides is 1. The fourth-order valence-corrected chi connectivity index (χ4v) is 2.85. The first-order valence-electron chi connectivity index (χ1n) is 7.84. The molecule has 0 N–H and O–H groups in total. The van der Waals surface area contributed by atoms with Crippen molar-refractivity contribution < 1.29 is 13.9 Å². The van der Waals surface area contributed by atoms with Crippen molar-refractivity contribution in [2.24, 2.45) is 0 Å². The van der Waals surface area contributed by atoms with E-state index < -0.39 is 18.0 Å². The molecule has 26 heavy (non-hydrogen) atoms.